The Balaban J connectivity index is 0.000000304. The van der Waals surface area contributed by atoms with Gasteiger partial charge in [0.25, 0.3) is 0 Å². The molecule has 1 aliphatic rings. The van der Waals surface area contributed by atoms with Crippen LogP contribution in [0.5, 0.6) is 0 Å². The van der Waals surface area contributed by atoms with E-state index in [2.05, 4.69) is 162 Å². The van der Waals surface area contributed by atoms with E-state index in [0.29, 0.717) is 33.7 Å². The van der Waals surface area contributed by atoms with E-state index in [9.17, 15) is 0 Å². The molecule has 1 aliphatic carbocycles. The Labute approximate surface area is 414 Å². The topological polar surface area (TPSA) is 56.7 Å². The number of imidazole rings is 1. The van der Waals surface area contributed by atoms with E-state index < -0.39 is 14.9 Å². The second kappa shape index (κ2) is 17.8. The van der Waals surface area contributed by atoms with Gasteiger partial charge in [-0.2, -0.15) is 0 Å². The van der Waals surface area contributed by atoms with Gasteiger partial charge >= 0.3 is 0 Å². The zero-order valence-corrected chi connectivity index (χ0v) is 42.9. The number of pyridine rings is 2. The van der Waals surface area contributed by atoms with E-state index in [1.54, 1.807) is 12.1 Å². The van der Waals surface area contributed by atoms with Crippen molar-refractivity contribution in [2.24, 2.45) is 0 Å². The number of para-hydroxylation sites is 1. The van der Waals surface area contributed by atoms with Gasteiger partial charge in [0, 0.05) is 52.5 Å². The molecule has 10 aromatic rings. The van der Waals surface area contributed by atoms with Crippen molar-refractivity contribution in [3.63, 3.8) is 0 Å². The molecule has 4 heterocycles. The number of fused-ring (bicyclic) bond motifs is 7. The number of hydrogen-bond acceptors (Lipinski definition) is 4. The minimum absolute atomic E-state index is 0. The Morgan fingerprint density at radius 2 is 1.43 bits per heavy atom. The van der Waals surface area contributed by atoms with Gasteiger partial charge in [-0.1, -0.05) is 151 Å². The predicted octanol–water partition coefficient (Wildman–Crippen LogP) is 15.4. The van der Waals surface area contributed by atoms with Gasteiger partial charge in [-0.05, 0) is 92.8 Å². The van der Waals surface area contributed by atoms with E-state index in [1.807, 2.05) is 54.7 Å². The van der Waals surface area contributed by atoms with Crippen LogP contribution in [-0.2, 0) is 25.5 Å². The first-order valence-electron chi connectivity index (χ1n) is 24.5. The maximum atomic E-state index is 8.66. The van der Waals surface area contributed by atoms with E-state index in [1.165, 1.54) is 16.3 Å². The fourth-order valence-corrected chi connectivity index (χ4v) is 10.6. The van der Waals surface area contributed by atoms with Crippen molar-refractivity contribution in [3.05, 3.63) is 186 Å². The molecule has 1 radical (unpaired) electrons. The van der Waals surface area contributed by atoms with Crippen LogP contribution < -0.4 is 5.19 Å². The summed E-state index contributed by atoms with van der Waals surface area (Å²) in [7, 11) is -1.23. The minimum Gasteiger partial charge on any atom is -0.486 e. The Kier molecular flexibility index (Phi) is 11.2. The van der Waals surface area contributed by atoms with Crippen molar-refractivity contribution in [2.45, 2.75) is 85.3 Å². The molecule has 5 nitrogen and oxygen atoms in total. The molecule has 0 amide bonds. The molecule has 337 valence electrons. The first-order valence-corrected chi connectivity index (χ1v) is 26.5. The maximum Gasteiger partial charge on any atom is 0.216 e. The summed E-state index contributed by atoms with van der Waals surface area (Å²) in [5.74, 6) is 0.802. The van der Waals surface area contributed by atoms with Crippen LogP contribution in [0.4, 0.5) is 0 Å². The van der Waals surface area contributed by atoms with Gasteiger partial charge in [0.2, 0.25) is 5.71 Å². The Morgan fingerprint density at radius 1 is 0.701 bits per heavy atom. The Morgan fingerprint density at radius 3 is 2.10 bits per heavy atom. The molecule has 0 unspecified atom stereocenters. The van der Waals surface area contributed by atoms with Crippen molar-refractivity contribution in [2.75, 3.05) is 0 Å². The second-order valence-corrected chi connectivity index (χ2v) is 24.8. The second-order valence-electron chi connectivity index (χ2n) is 19.7. The summed E-state index contributed by atoms with van der Waals surface area (Å²) < 4.78 is 34.8. The molecule has 0 N–H and O–H groups in total. The number of furan rings is 1. The molecule has 0 spiro atoms. The third kappa shape index (κ3) is 8.11. The third-order valence-electron chi connectivity index (χ3n) is 13.2. The molecule has 0 bridgehead atoms. The van der Waals surface area contributed by atoms with Crippen LogP contribution in [0.2, 0.25) is 19.6 Å². The molecule has 11 rings (SSSR count). The van der Waals surface area contributed by atoms with E-state index in [0.717, 1.165) is 61.2 Å². The summed E-state index contributed by atoms with van der Waals surface area (Å²) in [6.07, 6.45) is 2.02. The van der Waals surface area contributed by atoms with Gasteiger partial charge in [-0.15, -0.1) is 54.1 Å². The average Bonchev–Trinajstić information content (AvgIpc) is 3.98. The zero-order chi connectivity index (χ0) is 48.6. The molecular weight excluding hydrogens is 1010 g/mol. The van der Waals surface area contributed by atoms with Crippen molar-refractivity contribution < 1.29 is 28.6 Å². The smallest absolute Gasteiger partial charge is 0.216 e. The summed E-state index contributed by atoms with van der Waals surface area (Å²) in [4.78, 5) is 14.9. The largest absolute Gasteiger partial charge is 0.486 e. The zero-order valence-electron chi connectivity index (χ0n) is 42.5. The summed E-state index contributed by atoms with van der Waals surface area (Å²) in [5.41, 5.74) is 15.0. The average molecular weight is 1070 g/mol. The molecule has 67 heavy (non-hydrogen) atoms. The van der Waals surface area contributed by atoms with E-state index in [4.69, 9.17) is 18.5 Å². The SMILES string of the molecule is C[Si](C)(C)c1ccc(-c2[c-]cccc2)nc1.[2H]C([2H])([2H])c1cccc2nc(-c3[c-]ccc4c3oc3nc5c(cc34)C(C)(C)c3ccccc3-5)n(-c3c(C(C)C)cc(-c4ccccc4)cc3C(C)C)c12.[Ir]. The monoisotopic (exact) mass is 1070 g/mol. The summed E-state index contributed by atoms with van der Waals surface area (Å²) >= 11 is 0. The molecule has 0 atom stereocenters. The molecule has 0 saturated heterocycles. The van der Waals surface area contributed by atoms with Crippen LogP contribution in [0.3, 0.4) is 0 Å². The molecule has 4 aromatic heterocycles. The molecule has 0 aliphatic heterocycles. The Bertz CT molecular complexity index is 3520. The van der Waals surface area contributed by atoms with Crippen molar-refractivity contribution >= 4 is 46.4 Å². The number of benzene rings is 6. The number of aryl methyl sites for hydroxylation is 1. The summed E-state index contributed by atoms with van der Waals surface area (Å²) in [6.45, 7) is 17.9. The van der Waals surface area contributed by atoms with Gasteiger partial charge in [0.1, 0.15) is 0 Å². The van der Waals surface area contributed by atoms with Crippen molar-refractivity contribution in [1.29, 1.82) is 0 Å². The summed E-state index contributed by atoms with van der Waals surface area (Å²) in [5, 5.41) is 3.24. The van der Waals surface area contributed by atoms with E-state index in [-0.39, 0.29) is 42.9 Å². The van der Waals surface area contributed by atoms with Crippen LogP contribution in [0.1, 0.15) is 85.3 Å². The van der Waals surface area contributed by atoms with Gasteiger partial charge in [-0.3, -0.25) is 4.98 Å². The van der Waals surface area contributed by atoms with Crippen molar-refractivity contribution in [1.82, 2.24) is 19.5 Å². The number of aromatic nitrogens is 4. The number of hydrogen-bond donors (Lipinski definition) is 0. The molecule has 7 heteroatoms. The maximum absolute atomic E-state index is 8.66. The molecule has 6 aromatic carbocycles. The minimum atomic E-state index is -2.38. The van der Waals surface area contributed by atoms with Crippen LogP contribution in [-0.4, -0.2) is 27.6 Å². The van der Waals surface area contributed by atoms with Crippen LogP contribution in [0.15, 0.2) is 150 Å². The fraction of sp³-hybridized carbons (Fsp3) is 0.217. The number of nitrogens with zero attached hydrogens (tertiary/aromatic N) is 4. The van der Waals surface area contributed by atoms with Crippen LogP contribution >= 0.6 is 0 Å². The quantitative estimate of drug-likeness (QED) is 0.118. The normalized spacial score (nSPS) is 13.7. The first-order chi connectivity index (χ1) is 32.9. The van der Waals surface area contributed by atoms with Crippen molar-refractivity contribution in [3.8, 4) is 50.7 Å². The third-order valence-corrected chi connectivity index (χ3v) is 15.2. The van der Waals surface area contributed by atoms with Gasteiger partial charge in [0.05, 0.1) is 36.2 Å². The molecule has 0 fully saturated rings. The van der Waals surface area contributed by atoms with Gasteiger partial charge in [-0.25, -0.2) is 4.98 Å². The van der Waals surface area contributed by atoms with E-state index >= 15 is 0 Å². The Hall–Kier alpha value is -6.24. The molecular formula is C60H56IrN4OSi-2. The fourth-order valence-electron chi connectivity index (χ4n) is 9.57. The predicted molar refractivity (Wildman–Crippen MR) is 278 cm³/mol. The molecule has 0 saturated carbocycles. The van der Waals surface area contributed by atoms with Crippen LogP contribution in [0, 0.1) is 19.0 Å². The van der Waals surface area contributed by atoms with Crippen LogP contribution in [0.25, 0.3) is 83.8 Å². The standard InChI is InChI=1S/C46H40N3O.C14H16NSi.Ir/c1-26(2)34-23-30(29-16-9-8-10-17-29)24-35(27(3)4)42(34)49-41-28(5)15-13-22-39(41)47-44(49)33-20-14-19-31-36-25-38-40(48-45(36)50-43(31)33)32-18-11-12-21-37(32)46(38,6)7;1-16(2,3)13-9-10-14(15-11-13)12-7-5-4-6-8-12;/h8-19,21-27H,1-7H3;4-7,9-11H,1-3H3;/q2*-1;/i5D3;;. The van der Waals surface area contributed by atoms with Gasteiger partial charge in [0.15, 0.2) is 0 Å². The van der Waals surface area contributed by atoms with Gasteiger partial charge < -0.3 is 14.0 Å². The summed E-state index contributed by atoms with van der Waals surface area (Å²) in [6, 6.07) is 53.9. The number of rotatable bonds is 7. The first kappa shape index (κ1) is 42.1.